The van der Waals surface area contributed by atoms with E-state index in [1.165, 1.54) is 11.1 Å². The lowest BCUT2D eigenvalue weighted by atomic mass is 10.1. The van der Waals surface area contributed by atoms with E-state index in [2.05, 4.69) is 42.6 Å². The van der Waals surface area contributed by atoms with Gasteiger partial charge in [0.15, 0.2) is 0 Å². The number of benzene rings is 1. The van der Waals surface area contributed by atoms with Gasteiger partial charge in [-0.3, -0.25) is 0 Å². The number of nitrogens with zero attached hydrogens (tertiary/aromatic N) is 2. The number of hydrogen-bond donors (Lipinski definition) is 1. The summed E-state index contributed by atoms with van der Waals surface area (Å²) in [6, 6.07) is 6.48. The molecule has 0 radical (unpaired) electrons. The van der Waals surface area contributed by atoms with Crippen LogP contribution in [-0.2, 0) is 6.42 Å². The third-order valence-electron chi connectivity index (χ3n) is 2.43. The number of rotatable bonds is 2. The van der Waals surface area contributed by atoms with Crippen molar-refractivity contribution in [2.45, 2.75) is 34.1 Å². The number of nitrogens with one attached hydrogen (secondary N) is 1. The molecule has 3 heteroatoms. The fourth-order valence-corrected chi connectivity index (χ4v) is 1.61. The molecule has 0 fully saturated rings. The smallest absolute Gasteiger partial charge is 0.0808 e. The van der Waals surface area contributed by atoms with Crippen molar-refractivity contribution in [2.24, 2.45) is 5.10 Å². The van der Waals surface area contributed by atoms with E-state index in [4.69, 9.17) is 0 Å². The highest BCUT2D eigenvalue weighted by Crippen LogP contribution is 2.21. The van der Waals surface area contributed by atoms with Crippen LogP contribution in [0.15, 0.2) is 23.3 Å². The van der Waals surface area contributed by atoms with Crippen LogP contribution >= 0.6 is 0 Å². The van der Waals surface area contributed by atoms with Crippen molar-refractivity contribution in [1.82, 2.24) is 5.43 Å². The van der Waals surface area contributed by atoms with Crippen molar-refractivity contribution in [3.8, 4) is 0 Å². The van der Waals surface area contributed by atoms with Crippen LogP contribution in [0.1, 0.15) is 31.9 Å². The Morgan fingerprint density at radius 3 is 2.62 bits per heavy atom. The monoisotopic (exact) mass is 219 g/mol. The molecule has 1 heterocycles. The lowest BCUT2D eigenvalue weighted by Gasteiger charge is -2.17. The van der Waals surface area contributed by atoms with E-state index in [-0.39, 0.29) is 0 Å². The number of hydrogen-bond acceptors (Lipinski definition) is 3. The van der Waals surface area contributed by atoms with Gasteiger partial charge < -0.3 is 0 Å². The van der Waals surface area contributed by atoms with Gasteiger partial charge in [-0.15, -0.1) is 0 Å². The fraction of sp³-hybridized carbons (Fsp3) is 0.462. The molecule has 0 aliphatic carbocycles. The minimum absolute atomic E-state index is 0.814. The van der Waals surface area contributed by atoms with E-state index in [1.54, 1.807) is 0 Å². The second-order valence-electron chi connectivity index (χ2n) is 3.45. The second kappa shape index (κ2) is 6.28. The van der Waals surface area contributed by atoms with Crippen molar-refractivity contribution in [3.05, 3.63) is 29.3 Å². The standard InChI is InChI=1S/C11H15N3.C2H6/c1-3-10-4-5-11(9(2)8-10)14-12-6-7-13-14;1-2/h4-6,8,13H,3,7H2,1-2H3;1-2H3. The molecule has 2 rings (SSSR count). The number of anilines is 1. The second-order valence-corrected chi connectivity index (χ2v) is 3.45. The lowest BCUT2D eigenvalue weighted by molar-refractivity contribution is 0.754. The molecule has 0 spiro atoms. The average Bonchev–Trinajstić information content (AvgIpc) is 2.85. The Bertz CT molecular complexity index is 358. The summed E-state index contributed by atoms with van der Waals surface area (Å²) < 4.78 is 0. The Morgan fingerprint density at radius 1 is 1.38 bits per heavy atom. The van der Waals surface area contributed by atoms with Crippen molar-refractivity contribution < 1.29 is 0 Å². The molecule has 1 aliphatic heterocycles. The Kier molecular flexibility index (Phi) is 4.99. The van der Waals surface area contributed by atoms with E-state index < -0.39 is 0 Å². The molecule has 1 aromatic rings. The summed E-state index contributed by atoms with van der Waals surface area (Å²) in [5, 5.41) is 6.05. The summed E-state index contributed by atoms with van der Waals surface area (Å²) >= 11 is 0. The Hall–Kier alpha value is -1.35. The van der Waals surface area contributed by atoms with Gasteiger partial charge in [-0.05, 0) is 30.5 Å². The number of hydrazone groups is 1. The third kappa shape index (κ3) is 2.83. The molecule has 88 valence electrons. The predicted molar refractivity (Wildman–Crippen MR) is 70.9 cm³/mol. The zero-order chi connectivity index (χ0) is 12.0. The van der Waals surface area contributed by atoms with Gasteiger partial charge in [0.2, 0.25) is 0 Å². The molecule has 1 aromatic carbocycles. The highest BCUT2D eigenvalue weighted by Gasteiger charge is 2.10. The van der Waals surface area contributed by atoms with E-state index in [0.717, 1.165) is 18.7 Å². The SMILES string of the molecule is CC.CCc1ccc(N2N=CCN2)c(C)c1. The molecule has 1 N–H and O–H groups in total. The Balaban J connectivity index is 0.000000606. The topological polar surface area (TPSA) is 27.6 Å². The van der Waals surface area contributed by atoms with Crippen molar-refractivity contribution in [2.75, 3.05) is 11.7 Å². The molecule has 0 saturated carbocycles. The molecule has 0 amide bonds. The predicted octanol–water partition coefficient (Wildman–Crippen LogP) is 2.89. The van der Waals surface area contributed by atoms with Crippen LogP contribution in [0.2, 0.25) is 0 Å². The van der Waals surface area contributed by atoms with Gasteiger partial charge in [0, 0.05) is 6.21 Å². The molecule has 0 unspecified atom stereocenters. The van der Waals surface area contributed by atoms with E-state index in [9.17, 15) is 0 Å². The maximum atomic E-state index is 4.22. The van der Waals surface area contributed by atoms with E-state index in [0.29, 0.717) is 0 Å². The summed E-state index contributed by atoms with van der Waals surface area (Å²) in [5.74, 6) is 0. The molecule has 0 saturated heterocycles. The van der Waals surface area contributed by atoms with Crippen molar-refractivity contribution in [3.63, 3.8) is 0 Å². The van der Waals surface area contributed by atoms with Gasteiger partial charge in [-0.1, -0.05) is 32.9 Å². The van der Waals surface area contributed by atoms with Crippen LogP contribution in [0, 0.1) is 6.92 Å². The molecule has 1 aliphatic rings. The van der Waals surface area contributed by atoms with Crippen LogP contribution in [0.4, 0.5) is 5.69 Å². The highest BCUT2D eigenvalue weighted by atomic mass is 15.7. The molecule has 3 nitrogen and oxygen atoms in total. The molecule has 0 atom stereocenters. The largest absolute Gasteiger partial charge is 0.208 e. The highest BCUT2D eigenvalue weighted by molar-refractivity contribution is 5.67. The molecule has 0 aromatic heterocycles. The Morgan fingerprint density at radius 2 is 2.12 bits per heavy atom. The summed E-state index contributed by atoms with van der Waals surface area (Å²) in [4.78, 5) is 0. The minimum Gasteiger partial charge on any atom is -0.208 e. The average molecular weight is 219 g/mol. The molecule has 16 heavy (non-hydrogen) atoms. The molecule has 0 bridgehead atoms. The number of aryl methyl sites for hydroxylation is 2. The first-order valence-corrected chi connectivity index (χ1v) is 5.97. The first kappa shape index (κ1) is 12.7. The zero-order valence-corrected chi connectivity index (χ0v) is 10.6. The van der Waals surface area contributed by atoms with Gasteiger partial charge in [0.25, 0.3) is 0 Å². The first-order chi connectivity index (χ1) is 7.81. The van der Waals surface area contributed by atoms with Crippen LogP contribution in [0.3, 0.4) is 0 Å². The van der Waals surface area contributed by atoms with Gasteiger partial charge in [0.1, 0.15) is 0 Å². The van der Waals surface area contributed by atoms with Gasteiger partial charge >= 0.3 is 0 Å². The number of hydrazine groups is 1. The van der Waals surface area contributed by atoms with Crippen molar-refractivity contribution >= 4 is 11.9 Å². The third-order valence-corrected chi connectivity index (χ3v) is 2.43. The van der Waals surface area contributed by atoms with Gasteiger partial charge in [-0.25, -0.2) is 5.43 Å². The summed E-state index contributed by atoms with van der Waals surface area (Å²) in [5.41, 5.74) is 6.93. The van der Waals surface area contributed by atoms with Crippen molar-refractivity contribution in [1.29, 1.82) is 0 Å². The minimum atomic E-state index is 0.814. The maximum absolute atomic E-state index is 4.22. The summed E-state index contributed by atoms with van der Waals surface area (Å²) in [6.07, 6.45) is 2.95. The van der Waals surface area contributed by atoms with Crippen LogP contribution < -0.4 is 10.5 Å². The van der Waals surface area contributed by atoms with Gasteiger partial charge in [0.05, 0.1) is 12.2 Å². The fourth-order valence-electron chi connectivity index (χ4n) is 1.61. The summed E-state index contributed by atoms with van der Waals surface area (Å²) in [7, 11) is 0. The molecular formula is C13H21N3. The molecular weight excluding hydrogens is 198 g/mol. The Labute approximate surface area is 98.1 Å². The first-order valence-electron chi connectivity index (χ1n) is 5.97. The van der Waals surface area contributed by atoms with E-state index in [1.807, 2.05) is 25.2 Å². The van der Waals surface area contributed by atoms with E-state index >= 15 is 0 Å². The zero-order valence-electron chi connectivity index (χ0n) is 10.6. The lowest BCUT2D eigenvalue weighted by Crippen LogP contribution is -2.28. The maximum Gasteiger partial charge on any atom is 0.0808 e. The van der Waals surface area contributed by atoms with Crippen LogP contribution in [0.25, 0.3) is 0 Å². The van der Waals surface area contributed by atoms with Crippen LogP contribution in [0.5, 0.6) is 0 Å². The summed E-state index contributed by atoms with van der Waals surface area (Å²) in [6.45, 7) is 9.10. The van der Waals surface area contributed by atoms with Crippen LogP contribution in [-0.4, -0.2) is 12.8 Å². The van der Waals surface area contributed by atoms with Gasteiger partial charge in [-0.2, -0.15) is 10.2 Å². The normalized spacial score (nSPS) is 13.6. The quantitative estimate of drug-likeness (QED) is 0.828.